The van der Waals surface area contributed by atoms with Crippen molar-refractivity contribution in [3.63, 3.8) is 0 Å². The van der Waals surface area contributed by atoms with E-state index in [1.165, 1.54) is 0 Å². The number of carbonyl (C=O) groups is 2. The molecule has 1 heterocycles. The van der Waals surface area contributed by atoms with E-state index in [0.717, 1.165) is 18.5 Å². The Balaban J connectivity index is 1.53. The first-order chi connectivity index (χ1) is 13.0. The Hall–Kier alpha value is -2.05. The van der Waals surface area contributed by atoms with E-state index in [9.17, 15) is 9.59 Å². The summed E-state index contributed by atoms with van der Waals surface area (Å²) in [6.45, 7) is 0.967. The number of benzene rings is 2. The van der Waals surface area contributed by atoms with Crippen molar-refractivity contribution in [2.45, 2.75) is 12.8 Å². The van der Waals surface area contributed by atoms with Crippen molar-refractivity contribution in [1.29, 1.82) is 0 Å². The molecule has 0 aliphatic carbocycles. The van der Waals surface area contributed by atoms with Crippen molar-refractivity contribution in [3.05, 3.63) is 58.0 Å². The van der Waals surface area contributed by atoms with E-state index in [1.807, 2.05) is 30.3 Å². The van der Waals surface area contributed by atoms with Gasteiger partial charge in [0.05, 0.1) is 10.4 Å². The molecule has 1 fully saturated rings. The number of amides is 2. The summed E-state index contributed by atoms with van der Waals surface area (Å²) in [5.41, 5.74) is 0.766. The molecule has 1 aliphatic heterocycles. The topological polar surface area (TPSA) is 58.6 Å². The maximum Gasteiger partial charge on any atom is 0.260 e. The van der Waals surface area contributed by atoms with Gasteiger partial charge < -0.3 is 15.0 Å². The first-order valence-corrected chi connectivity index (χ1v) is 9.91. The number of rotatable bonds is 5. The van der Waals surface area contributed by atoms with Crippen LogP contribution in [0.1, 0.15) is 12.8 Å². The van der Waals surface area contributed by atoms with Crippen LogP contribution in [0.15, 0.2) is 53.0 Å². The third-order valence-corrected chi connectivity index (χ3v) is 5.29. The zero-order chi connectivity index (χ0) is 19.2. The van der Waals surface area contributed by atoms with Crippen LogP contribution in [0.4, 0.5) is 5.69 Å². The molecule has 7 heteroatoms. The van der Waals surface area contributed by atoms with Gasteiger partial charge in [0.1, 0.15) is 5.75 Å². The number of anilines is 1. The Morgan fingerprint density at radius 3 is 2.74 bits per heavy atom. The van der Waals surface area contributed by atoms with Crippen molar-refractivity contribution < 1.29 is 14.3 Å². The highest BCUT2D eigenvalue weighted by Crippen LogP contribution is 2.28. The van der Waals surface area contributed by atoms with Crippen LogP contribution in [0.25, 0.3) is 0 Å². The van der Waals surface area contributed by atoms with Crippen LogP contribution in [-0.4, -0.2) is 36.4 Å². The molecule has 1 aliphatic rings. The quantitative estimate of drug-likeness (QED) is 0.735. The maximum atomic E-state index is 12.5. The molecule has 0 aromatic heterocycles. The van der Waals surface area contributed by atoms with E-state index in [4.69, 9.17) is 16.3 Å². The molecule has 5 nitrogen and oxygen atoms in total. The Bertz CT molecular complexity index is 816. The molecule has 0 spiro atoms. The lowest BCUT2D eigenvalue weighted by Crippen LogP contribution is -2.45. The van der Waals surface area contributed by atoms with Crippen LogP contribution in [-0.2, 0) is 9.59 Å². The molecule has 1 saturated heterocycles. The number of hydrogen-bond acceptors (Lipinski definition) is 3. The molecule has 1 unspecified atom stereocenters. The average molecular weight is 452 g/mol. The number of piperidine rings is 1. The highest BCUT2D eigenvalue weighted by atomic mass is 79.9. The standard InChI is InChI=1S/C20H20BrClN2O3/c21-17-11-15(22)8-9-18(17)27-13-19(25)24-10-4-5-14(12-24)20(26)23-16-6-2-1-3-7-16/h1-3,6-9,11,14H,4-5,10,12-13H2,(H,23,26). The number of nitrogens with zero attached hydrogens (tertiary/aromatic N) is 1. The van der Waals surface area contributed by atoms with Crippen molar-refractivity contribution in [2.75, 3.05) is 25.0 Å². The zero-order valence-corrected chi connectivity index (χ0v) is 17.0. The predicted octanol–water partition coefficient (Wildman–Crippen LogP) is 4.36. The van der Waals surface area contributed by atoms with Crippen LogP contribution < -0.4 is 10.1 Å². The second-order valence-corrected chi connectivity index (χ2v) is 7.69. The summed E-state index contributed by atoms with van der Waals surface area (Å²) in [6, 6.07) is 14.5. The summed E-state index contributed by atoms with van der Waals surface area (Å²) < 4.78 is 6.30. The number of hydrogen-bond donors (Lipinski definition) is 1. The molecule has 2 aromatic rings. The number of para-hydroxylation sites is 1. The van der Waals surface area contributed by atoms with Gasteiger partial charge in [0.25, 0.3) is 5.91 Å². The maximum absolute atomic E-state index is 12.5. The lowest BCUT2D eigenvalue weighted by Gasteiger charge is -2.32. The van der Waals surface area contributed by atoms with Gasteiger partial charge in [0.15, 0.2) is 6.61 Å². The van der Waals surface area contributed by atoms with E-state index >= 15 is 0 Å². The van der Waals surface area contributed by atoms with Crippen LogP contribution in [0, 0.1) is 5.92 Å². The third-order valence-electron chi connectivity index (χ3n) is 4.43. The minimum absolute atomic E-state index is 0.0555. The molecule has 0 bridgehead atoms. The van der Waals surface area contributed by atoms with E-state index in [2.05, 4.69) is 21.2 Å². The molecule has 0 saturated carbocycles. The number of carbonyl (C=O) groups excluding carboxylic acids is 2. The van der Waals surface area contributed by atoms with Crippen LogP contribution >= 0.6 is 27.5 Å². The van der Waals surface area contributed by atoms with E-state index in [1.54, 1.807) is 23.1 Å². The molecule has 2 aromatic carbocycles. The highest BCUT2D eigenvalue weighted by Gasteiger charge is 2.28. The van der Waals surface area contributed by atoms with Crippen molar-refractivity contribution >= 4 is 45.0 Å². The van der Waals surface area contributed by atoms with E-state index in [-0.39, 0.29) is 24.3 Å². The summed E-state index contributed by atoms with van der Waals surface area (Å²) in [7, 11) is 0. The summed E-state index contributed by atoms with van der Waals surface area (Å²) in [4.78, 5) is 26.7. The fourth-order valence-electron chi connectivity index (χ4n) is 3.01. The SMILES string of the molecule is O=C(Nc1ccccc1)C1CCCN(C(=O)COc2ccc(Cl)cc2Br)C1. The molecule has 3 rings (SSSR count). The van der Waals surface area contributed by atoms with Gasteiger partial charge in [-0.1, -0.05) is 29.8 Å². The third kappa shape index (κ3) is 5.47. The fraction of sp³-hybridized carbons (Fsp3) is 0.300. The van der Waals surface area contributed by atoms with Gasteiger partial charge in [-0.25, -0.2) is 0 Å². The Morgan fingerprint density at radius 1 is 1.22 bits per heavy atom. The van der Waals surface area contributed by atoms with Crippen molar-refractivity contribution in [3.8, 4) is 5.75 Å². The summed E-state index contributed by atoms with van der Waals surface area (Å²) >= 11 is 9.27. The van der Waals surface area contributed by atoms with Gasteiger partial charge in [-0.2, -0.15) is 0 Å². The molecule has 142 valence electrons. The number of ether oxygens (including phenoxy) is 1. The zero-order valence-electron chi connectivity index (χ0n) is 14.7. The second kappa shape index (κ2) is 9.24. The molecule has 27 heavy (non-hydrogen) atoms. The lowest BCUT2D eigenvalue weighted by molar-refractivity contribution is -0.136. The second-order valence-electron chi connectivity index (χ2n) is 6.40. The lowest BCUT2D eigenvalue weighted by atomic mass is 9.97. The van der Waals surface area contributed by atoms with Crippen LogP contribution in [0.3, 0.4) is 0 Å². The van der Waals surface area contributed by atoms with Gasteiger partial charge >= 0.3 is 0 Å². The van der Waals surface area contributed by atoms with Crippen LogP contribution in [0.5, 0.6) is 5.75 Å². The monoisotopic (exact) mass is 450 g/mol. The molecule has 1 atom stereocenters. The summed E-state index contributed by atoms with van der Waals surface area (Å²) in [6.07, 6.45) is 1.56. The number of likely N-dealkylation sites (tertiary alicyclic amines) is 1. The highest BCUT2D eigenvalue weighted by molar-refractivity contribution is 9.10. The van der Waals surface area contributed by atoms with E-state index in [0.29, 0.717) is 28.3 Å². The molecular formula is C20H20BrClN2O3. The van der Waals surface area contributed by atoms with Crippen molar-refractivity contribution in [2.24, 2.45) is 5.92 Å². The predicted molar refractivity (Wildman–Crippen MR) is 109 cm³/mol. The van der Waals surface area contributed by atoms with Gasteiger partial charge in [-0.05, 0) is 59.1 Å². The normalized spacial score (nSPS) is 16.7. The Kier molecular flexibility index (Phi) is 6.74. The van der Waals surface area contributed by atoms with Gasteiger partial charge in [0, 0.05) is 23.8 Å². The summed E-state index contributed by atoms with van der Waals surface area (Å²) in [5, 5.41) is 3.50. The van der Waals surface area contributed by atoms with Gasteiger partial charge in [-0.15, -0.1) is 0 Å². The Labute approximate surface area is 171 Å². The molecule has 1 N–H and O–H groups in total. The minimum atomic E-state index is -0.217. The molecular weight excluding hydrogens is 432 g/mol. The average Bonchev–Trinajstić information content (AvgIpc) is 2.68. The van der Waals surface area contributed by atoms with Crippen LogP contribution in [0.2, 0.25) is 5.02 Å². The number of nitrogens with one attached hydrogen (secondary N) is 1. The fourth-order valence-corrected chi connectivity index (χ4v) is 3.80. The summed E-state index contributed by atoms with van der Waals surface area (Å²) in [5.74, 6) is 0.155. The molecule has 0 radical (unpaired) electrons. The van der Waals surface area contributed by atoms with Gasteiger partial charge in [0.2, 0.25) is 5.91 Å². The smallest absolute Gasteiger partial charge is 0.260 e. The minimum Gasteiger partial charge on any atom is -0.483 e. The van der Waals surface area contributed by atoms with E-state index < -0.39 is 0 Å². The molecule has 2 amide bonds. The first-order valence-electron chi connectivity index (χ1n) is 8.74. The largest absolute Gasteiger partial charge is 0.483 e. The Morgan fingerprint density at radius 2 is 2.00 bits per heavy atom. The number of halogens is 2. The van der Waals surface area contributed by atoms with Gasteiger partial charge in [-0.3, -0.25) is 9.59 Å². The van der Waals surface area contributed by atoms with Crippen molar-refractivity contribution in [1.82, 2.24) is 4.90 Å². The first kappa shape index (κ1) is 19.7.